The lowest BCUT2D eigenvalue weighted by atomic mass is 9.94. The van der Waals surface area contributed by atoms with E-state index in [2.05, 4.69) is 41.8 Å². The molecule has 2 aliphatic rings. The van der Waals surface area contributed by atoms with E-state index in [1.54, 1.807) is 23.2 Å². The number of hydrogen-bond donors (Lipinski definition) is 2. The first-order valence-electron chi connectivity index (χ1n) is 10.3. The van der Waals surface area contributed by atoms with Gasteiger partial charge in [-0.1, -0.05) is 0 Å². The highest BCUT2D eigenvalue weighted by Gasteiger charge is 2.26. The molecule has 0 spiro atoms. The summed E-state index contributed by atoms with van der Waals surface area (Å²) in [5, 5.41) is 6.88. The van der Waals surface area contributed by atoms with E-state index in [9.17, 15) is 13.6 Å². The Kier molecular flexibility index (Phi) is 6.52. The lowest BCUT2D eigenvalue weighted by Gasteiger charge is -2.33. The van der Waals surface area contributed by atoms with Crippen LogP contribution in [0.1, 0.15) is 40.8 Å². The molecule has 0 aromatic carbocycles. The van der Waals surface area contributed by atoms with Gasteiger partial charge in [-0.15, -0.1) is 0 Å². The third-order valence-corrected chi connectivity index (χ3v) is 5.46. The molecular weight excluding hydrogens is 432 g/mol. The fraction of sp³-hybridized carbons (Fsp3) is 0.333. The topological polar surface area (TPSA) is 129 Å². The van der Waals surface area contributed by atoms with Crippen molar-refractivity contribution in [1.29, 1.82) is 0 Å². The molecule has 0 radical (unpaired) electrons. The Hall–Kier alpha value is -3.96. The second kappa shape index (κ2) is 9.67. The van der Waals surface area contributed by atoms with Gasteiger partial charge >= 0.3 is 0 Å². The van der Waals surface area contributed by atoms with Crippen molar-refractivity contribution in [3.63, 3.8) is 0 Å². The Morgan fingerprint density at radius 3 is 3.00 bits per heavy atom. The van der Waals surface area contributed by atoms with Crippen LogP contribution in [0.15, 0.2) is 46.4 Å². The van der Waals surface area contributed by atoms with Crippen LogP contribution in [-0.4, -0.2) is 70.0 Å². The summed E-state index contributed by atoms with van der Waals surface area (Å²) in [5.74, 6) is 0.572. The van der Waals surface area contributed by atoms with Crippen molar-refractivity contribution in [2.75, 3.05) is 24.5 Å². The van der Waals surface area contributed by atoms with Crippen molar-refractivity contribution in [2.24, 2.45) is 15.7 Å². The Balaban J connectivity index is 1.57. The molecule has 2 aromatic heterocycles. The summed E-state index contributed by atoms with van der Waals surface area (Å²) in [4.78, 5) is 31.6. The molecule has 0 aliphatic carbocycles. The van der Waals surface area contributed by atoms with Gasteiger partial charge in [0.15, 0.2) is 5.82 Å². The summed E-state index contributed by atoms with van der Waals surface area (Å²) < 4.78 is 26.3. The number of hydrogen-bond acceptors (Lipinski definition) is 8. The van der Waals surface area contributed by atoms with E-state index < -0.39 is 12.3 Å². The van der Waals surface area contributed by atoms with Crippen LogP contribution in [0.3, 0.4) is 0 Å². The number of aromatic amines is 1. The molecule has 12 heteroatoms. The van der Waals surface area contributed by atoms with Gasteiger partial charge in [0.25, 0.3) is 12.3 Å². The summed E-state index contributed by atoms with van der Waals surface area (Å²) >= 11 is 0. The van der Waals surface area contributed by atoms with Gasteiger partial charge in [0.1, 0.15) is 22.9 Å². The lowest BCUT2D eigenvalue weighted by molar-refractivity contribution is 0.0995. The van der Waals surface area contributed by atoms with Crippen LogP contribution in [0.25, 0.3) is 5.70 Å². The van der Waals surface area contributed by atoms with E-state index in [-0.39, 0.29) is 23.9 Å². The Morgan fingerprint density at radius 1 is 1.42 bits per heavy atom. The van der Waals surface area contributed by atoms with E-state index >= 15 is 0 Å². The highest BCUT2D eigenvalue weighted by molar-refractivity contribution is 5.90. The first-order valence-corrected chi connectivity index (χ1v) is 10.3. The molecule has 1 saturated heterocycles. The highest BCUT2D eigenvalue weighted by atomic mass is 19.3. The lowest BCUT2D eigenvalue weighted by Crippen LogP contribution is -2.35. The van der Waals surface area contributed by atoms with Crippen molar-refractivity contribution in [3.8, 4) is 0 Å². The molecule has 10 nitrogen and oxygen atoms in total. The summed E-state index contributed by atoms with van der Waals surface area (Å²) in [5.41, 5.74) is 6.45. The average molecular weight is 455 g/mol. The van der Waals surface area contributed by atoms with Crippen molar-refractivity contribution >= 4 is 30.4 Å². The molecule has 4 rings (SSSR count). The third-order valence-electron chi connectivity index (χ3n) is 5.46. The number of halogens is 2. The van der Waals surface area contributed by atoms with Gasteiger partial charge in [-0.2, -0.15) is 5.10 Å². The fourth-order valence-corrected chi connectivity index (χ4v) is 3.87. The van der Waals surface area contributed by atoms with Crippen molar-refractivity contribution in [2.45, 2.75) is 25.2 Å². The largest absolute Gasteiger partial charge is 0.364 e. The number of rotatable bonds is 7. The molecule has 0 bridgehead atoms. The Morgan fingerprint density at radius 2 is 2.27 bits per heavy atom. The van der Waals surface area contributed by atoms with Gasteiger partial charge < -0.3 is 15.5 Å². The van der Waals surface area contributed by atoms with Crippen molar-refractivity contribution in [3.05, 3.63) is 53.6 Å². The normalized spacial score (nSPS) is 19.1. The van der Waals surface area contributed by atoms with Gasteiger partial charge in [-0.25, -0.2) is 18.7 Å². The Bertz CT molecular complexity index is 1120. The van der Waals surface area contributed by atoms with Gasteiger partial charge in [0, 0.05) is 43.3 Å². The zero-order valence-corrected chi connectivity index (χ0v) is 17.7. The molecule has 0 saturated carbocycles. The SMILES string of the molecule is C=N/C=C(/c1nccc(N2CCCC(c3cc(C(N)=O)n[nH]3)C2)n1)N1C=C(C(F)F)N=CC1. The molecule has 172 valence electrons. The van der Waals surface area contributed by atoms with Crippen LogP contribution in [0.5, 0.6) is 0 Å². The number of anilines is 1. The summed E-state index contributed by atoms with van der Waals surface area (Å²) in [6.45, 7) is 5.20. The number of nitrogens with two attached hydrogens (primary N) is 1. The minimum absolute atomic E-state index is 0.123. The molecular formula is C21H23F2N9O. The number of carbonyl (C=O) groups excluding carboxylic acids is 1. The maximum Gasteiger partial charge on any atom is 0.281 e. The number of aromatic nitrogens is 4. The van der Waals surface area contributed by atoms with E-state index in [0.29, 0.717) is 23.9 Å². The molecule has 2 aliphatic heterocycles. The smallest absolute Gasteiger partial charge is 0.281 e. The highest BCUT2D eigenvalue weighted by Crippen LogP contribution is 2.29. The first kappa shape index (κ1) is 22.2. The quantitative estimate of drug-likeness (QED) is 0.616. The number of alkyl halides is 2. The zero-order valence-electron chi connectivity index (χ0n) is 17.7. The molecule has 1 amide bonds. The van der Waals surface area contributed by atoms with Crippen LogP contribution in [0.2, 0.25) is 0 Å². The number of carbonyl (C=O) groups is 1. The van der Waals surface area contributed by atoms with Crippen LogP contribution >= 0.6 is 0 Å². The molecule has 4 heterocycles. The summed E-state index contributed by atoms with van der Waals surface area (Å²) in [6, 6.07) is 3.48. The van der Waals surface area contributed by atoms with E-state index in [1.807, 2.05) is 0 Å². The van der Waals surface area contributed by atoms with Gasteiger partial charge in [-0.05, 0) is 31.7 Å². The number of amides is 1. The third kappa shape index (κ3) is 4.94. The number of piperidine rings is 1. The maximum absolute atomic E-state index is 13.1. The fourth-order valence-electron chi connectivity index (χ4n) is 3.87. The maximum atomic E-state index is 13.1. The number of allylic oxidation sites excluding steroid dienone is 1. The molecule has 1 unspecified atom stereocenters. The first-order chi connectivity index (χ1) is 16.0. The number of nitrogens with zero attached hydrogens (tertiary/aromatic N) is 7. The van der Waals surface area contributed by atoms with E-state index in [1.165, 1.54) is 18.6 Å². The minimum Gasteiger partial charge on any atom is -0.364 e. The van der Waals surface area contributed by atoms with Crippen LogP contribution in [-0.2, 0) is 0 Å². The number of H-pyrrole nitrogens is 1. The van der Waals surface area contributed by atoms with Gasteiger partial charge in [0.2, 0.25) is 0 Å². The summed E-state index contributed by atoms with van der Waals surface area (Å²) in [7, 11) is 0. The van der Waals surface area contributed by atoms with Crippen LogP contribution < -0.4 is 10.6 Å². The summed E-state index contributed by atoms with van der Waals surface area (Å²) in [6.07, 6.45) is 4.87. The van der Waals surface area contributed by atoms with Crippen LogP contribution in [0.4, 0.5) is 14.6 Å². The Labute approximate surface area is 188 Å². The molecule has 1 fully saturated rings. The van der Waals surface area contributed by atoms with E-state index in [4.69, 9.17) is 5.73 Å². The monoisotopic (exact) mass is 455 g/mol. The van der Waals surface area contributed by atoms with Crippen molar-refractivity contribution < 1.29 is 13.6 Å². The molecule has 33 heavy (non-hydrogen) atoms. The zero-order chi connectivity index (χ0) is 23.4. The average Bonchev–Trinajstić information content (AvgIpc) is 3.34. The number of nitrogens with one attached hydrogen (secondary N) is 1. The van der Waals surface area contributed by atoms with Crippen LogP contribution in [0, 0.1) is 0 Å². The van der Waals surface area contributed by atoms with Crippen molar-refractivity contribution in [1.82, 2.24) is 25.1 Å². The second-order valence-electron chi connectivity index (χ2n) is 7.61. The second-order valence-corrected chi connectivity index (χ2v) is 7.61. The number of primary amides is 1. The van der Waals surface area contributed by atoms with Gasteiger partial charge in [-0.3, -0.25) is 19.9 Å². The van der Waals surface area contributed by atoms with Gasteiger partial charge in [0.05, 0.1) is 12.7 Å². The van der Waals surface area contributed by atoms with E-state index in [0.717, 1.165) is 25.1 Å². The predicted octanol–water partition coefficient (Wildman–Crippen LogP) is 2.17. The molecule has 3 N–H and O–H groups in total. The molecule has 1 atom stereocenters. The standard InChI is InChI=1S/C21H23F2N9O/c1-25-10-17(31-8-6-26-16(12-31)19(22)23)21-27-5-4-18(28-21)32-7-2-3-13(11-32)14-9-15(20(24)33)30-29-14/h4-6,9-10,12-13,19H,1-3,7-8,11H2,(H2,24,33)(H,29,30)/b17-10-. The molecule has 2 aromatic rings. The number of aliphatic imine (C=N–C) groups is 2. The predicted molar refractivity (Wildman–Crippen MR) is 120 cm³/mol. The minimum atomic E-state index is -2.70.